The molecule has 0 aliphatic carbocycles. The Bertz CT molecular complexity index is 283. The molecule has 1 rings (SSSR count). The minimum atomic E-state index is -0.463. The van der Waals surface area contributed by atoms with Gasteiger partial charge in [-0.2, -0.15) is 0 Å². The fourth-order valence-electron chi connectivity index (χ4n) is 1.46. The summed E-state index contributed by atoms with van der Waals surface area (Å²) in [4.78, 5) is 15.1. The maximum Gasteiger partial charge on any atom is 0.410 e. The topological polar surface area (TPSA) is 82.7 Å². The molecular weight excluding hydrogens is 244 g/mol. The van der Waals surface area contributed by atoms with Gasteiger partial charge in [0.25, 0.3) is 0 Å². The molecular formula is C10H21ClN4O2. The molecule has 6 nitrogen and oxygen atoms in total. The van der Waals surface area contributed by atoms with Gasteiger partial charge in [0, 0.05) is 26.2 Å². The monoisotopic (exact) mass is 264 g/mol. The number of hydrogen-bond donors (Lipinski definition) is 2. The van der Waals surface area contributed by atoms with Crippen LogP contribution >= 0.6 is 12.4 Å². The van der Waals surface area contributed by atoms with E-state index < -0.39 is 5.60 Å². The third-order valence-electron chi connectivity index (χ3n) is 2.27. The molecule has 0 bridgehead atoms. The number of carbonyl (C=O) groups is 1. The Morgan fingerprint density at radius 2 is 1.59 bits per heavy atom. The van der Waals surface area contributed by atoms with E-state index in [-0.39, 0.29) is 24.5 Å². The minimum absolute atomic E-state index is 0. The van der Waals surface area contributed by atoms with Crippen LogP contribution in [-0.4, -0.2) is 53.6 Å². The van der Waals surface area contributed by atoms with E-state index in [1.807, 2.05) is 20.8 Å². The van der Waals surface area contributed by atoms with E-state index in [0.717, 1.165) is 0 Å². The lowest BCUT2D eigenvalue weighted by molar-refractivity contribution is 0.0186. The van der Waals surface area contributed by atoms with Crippen LogP contribution in [0.4, 0.5) is 4.79 Å². The lowest BCUT2D eigenvalue weighted by Gasteiger charge is -2.35. The highest BCUT2D eigenvalue weighted by Gasteiger charge is 2.25. The summed E-state index contributed by atoms with van der Waals surface area (Å²) in [5, 5.41) is 7.28. The van der Waals surface area contributed by atoms with Crippen molar-refractivity contribution in [2.24, 2.45) is 5.73 Å². The molecule has 3 N–H and O–H groups in total. The summed E-state index contributed by atoms with van der Waals surface area (Å²) in [6, 6.07) is 0. The summed E-state index contributed by atoms with van der Waals surface area (Å²) < 4.78 is 5.26. The molecule has 1 aliphatic rings. The molecule has 0 aromatic rings. The van der Waals surface area contributed by atoms with Crippen molar-refractivity contribution in [2.45, 2.75) is 26.4 Å². The van der Waals surface area contributed by atoms with Crippen LogP contribution in [0, 0.1) is 5.41 Å². The summed E-state index contributed by atoms with van der Waals surface area (Å²) >= 11 is 0. The number of amides is 1. The predicted molar refractivity (Wildman–Crippen MR) is 68.5 cm³/mol. The molecule has 0 atom stereocenters. The van der Waals surface area contributed by atoms with Gasteiger partial charge in [-0.25, -0.2) is 4.79 Å². The third-order valence-corrected chi connectivity index (χ3v) is 2.27. The molecule has 1 aliphatic heterocycles. The SMILES string of the molecule is CC(C)(C)OC(=O)N1CCN(C(=N)N)CC1.Cl. The Labute approximate surface area is 108 Å². The van der Waals surface area contributed by atoms with Crippen LogP contribution in [0.2, 0.25) is 0 Å². The van der Waals surface area contributed by atoms with Crippen LogP contribution in [0.15, 0.2) is 0 Å². The van der Waals surface area contributed by atoms with Gasteiger partial charge in [-0.15, -0.1) is 12.4 Å². The number of halogens is 1. The second-order valence-electron chi connectivity index (χ2n) is 4.84. The molecule has 0 aromatic heterocycles. The zero-order chi connectivity index (χ0) is 12.3. The molecule has 100 valence electrons. The van der Waals surface area contributed by atoms with Gasteiger partial charge in [0.1, 0.15) is 5.60 Å². The largest absolute Gasteiger partial charge is 0.444 e. The van der Waals surface area contributed by atoms with Gasteiger partial charge in [-0.05, 0) is 20.8 Å². The average Bonchev–Trinajstić information content (AvgIpc) is 2.15. The van der Waals surface area contributed by atoms with Crippen LogP contribution < -0.4 is 5.73 Å². The molecule has 0 unspecified atom stereocenters. The van der Waals surface area contributed by atoms with E-state index in [0.29, 0.717) is 26.2 Å². The average molecular weight is 265 g/mol. The van der Waals surface area contributed by atoms with Crippen molar-refractivity contribution in [3.8, 4) is 0 Å². The van der Waals surface area contributed by atoms with E-state index in [2.05, 4.69) is 0 Å². The number of ether oxygens (including phenoxy) is 1. The van der Waals surface area contributed by atoms with Gasteiger partial charge in [-0.3, -0.25) is 5.41 Å². The van der Waals surface area contributed by atoms with Crippen LogP contribution in [0.1, 0.15) is 20.8 Å². The first kappa shape index (κ1) is 15.8. The molecule has 0 spiro atoms. The second-order valence-corrected chi connectivity index (χ2v) is 4.84. The van der Waals surface area contributed by atoms with Crippen molar-refractivity contribution in [3.05, 3.63) is 0 Å². The number of carbonyl (C=O) groups excluding carboxylic acids is 1. The quantitative estimate of drug-likeness (QED) is 0.502. The first-order chi connectivity index (χ1) is 7.29. The van der Waals surface area contributed by atoms with E-state index in [1.165, 1.54) is 0 Å². The Morgan fingerprint density at radius 1 is 1.18 bits per heavy atom. The van der Waals surface area contributed by atoms with E-state index in [4.69, 9.17) is 15.9 Å². The molecule has 1 saturated heterocycles. The third kappa shape index (κ3) is 5.12. The van der Waals surface area contributed by atoms with Crippen molar-refractivity contribution in [3.63, 3.8) is 0 Å². The minimum Gasteiger partial charge on any atom is -0.444 e. The molecule has 1 amide bonds. The Balaban J connectivity index is 0.00000256. The highest BCUT2D eigenvalue weighted by molar-refractivity contribution is 5.85. The lowest BCUT2D eigenvalue weighted by atomic mass is 10.2. The molecule has 17 heavy (non-hydrogen) atoms. The van der Waals surface area contributed by atoms with Crippen LogP contribution in [0.3, 0.4) is 0 Å². The van der Waals surface area contributed by atoms with Gasteiger partial charge in [0.2, 0.25) is 0 Å². The number of guanidine groups is 1. The normalized spacial score (nSPS) is 16.2. The zero-order valence-electron chi connectivity index (χ0n) is 10.5. The summed E-state index contributed by atoms with van der Waals surface area (Å²) in [5.41, 5.74) is 4.90. The molecule has 1 heterocycles. The van der Waals surface area contributed by atoms with Gasteiger partial charge in [0.15, 0.2) is 5.96 Å². The number of hydrogen-bond acceptors (Lipinski definition) is 3. The van der Waals surface area contributed by atoms with Gasteiger partial charge in [-0.1, -0.05) is 0 Å². The first-order valence-electron chi connectivity index (χ1n) is 5.36. The smallest absolute Gasteiger partial charge is 0.410 e. The Kier molecular flexibility index (Phi) is 5.54. The number of rotatable bonds is 0. The lowest BCUT2D eigenvalue weighted by Crippen LogP contribution is -2.53. The van der Waals surface area contributed by atoms with Gasteiger partial charge < -0.3 is 20.3 Å². The maximum absolute atomic E-state index is 11.7. The standard InChI is InChI=1S/C10H20N4O2.ClH/c1-10(2,3)16-9(15)14-6-4-13(5-7-14)8(11)12;/h4-7H2,1-3H3,(H3,11,12);1H. The van der Waals surface area contributed by atoms with E-state index in [9.17, 15) is 4.79 Å². The maximum atomic E-state index is 11.7. The van der Waals surface area contributed by atoms with Crippen LogP contribution in [0.25, 0.3) is 0 Å². The number of nitrogens with two attached hydrogens (primary N) is 1. The Morgan fingerprint density at radius 3 is 1.94 bits per heavy atom. The van der Waals surface area contributed by atoms with E-state index in [1.54, 1.807) is 9.80 Å². The molecule has 0 saturated carbocycles. The first-order valence-corrected chi connectivity index (χ1v) is 5.36. The molecule has 7 heteroatoms. The van der Waals surface area contributed by atoms with E-state index >= 15 is 0 Å². The number of piperazine rings is 1. The summed E-state index contributed by atoms with van der Waals surface area (Å²) in [5.74, 6) is 0.0591. The van der Waals surface area contributed by atoms with Crippen molar-refractivity contribution >= 4 is 24.5 Å². The van der Waals surface area contributed by atoms with Crippen LogP contribution in [-0.2, 0) is 4.74 Å². The summed E-state index contributed by atoms with van der Waals surface area (Å²) in [6.45, 7) is 7.82. The van der Waals surface area contributed by atoms with Crippen LogP contribution in [0.5, 0.6) is 0 Å². The highest BCUT2D eigenvalue weighted by Crippen LogP contribution is 2.11. The zero-order valence-corrected chi connectivity index (χ0v) is 11.3. The molecule has 1 fully saturated rings. The predicted octanol–water partition coefficient (Wildman–Crippen LogP) is 0.854. The fraction of sp³-hybridized carbons (Fsp3) is 0.800. The van der Waals surface area contributed by atoms with Crippen molar-refractivity contribution in [2.75, 3.05) is 26.2 Å². The second kappa shape index (κ2) is 5.95. The molecule has 0 radical (unpaired) electrons. The Hall–Kier alpha value is -1.17. The highest BCUT2D eigenvalue weighted by atomic mass is 35.5. The van der Waals surface area contributed by atoms with Crippen molar-refractivity contribution < 1.29 is 9.53 Å². The number of nitrogens with zero attached hydrogens (tertiary/aromatic N) is 2. The fourth-order valence-corrected chi connectivity index (χ4v) is 1.46. The van der Waals surface area contributed by atoms with Crippen molar-refractivity contribution in [1.29, 1.82) is 5.41 Å². The molecule has 0 aromatic carbocycles. The summed E-state index contributed by atoms with van der Waals surface area (Å²) in [6.07, 6.45) is -0.296. The summed E-state index contributed by atoms with van der Waals surface area (Å²) in [7, 11) is 0. The van der Waals surface area contributed by atoms with Gasteiger partial charge >= 0.3 is 6.09 Å². The number of nitrogens with one attached hydrogen (secondary N) is 1. The van der Waals surface area contributed by atoms with Crippen molar-refractivity contribution in [1.82, 2.24) is 9.80 Å². The van der Waals surface area contributed by atoms with Gasteiger partial charge in [0.05, 0.1) is 0 Å².